The highest BCUT2D eigenvalue weighted by molar-refractivity contribution is 7.89. The number of hydrazone groups is 2. The van der Waals surface area contributed by atoms with Crippen LogP contribution in [0.25, 0.3) is 0 Å². The van der Waals surface area contributed by atoms with Crippen molar-refractivity contribution >= 4 is 31.5 Å². The summed E-state index contributed by atoms with van der Waals surface area (Å²) >= 11 is 0. The van der Waals surface area contributed by atoms with Crippen molar-refractivity contribution in [1.29, 1.82) is 0 Å². The molecule has 0 saturated carbocycles. The molecule has 0 aliphatic carbocycles. The molecule has 0 unspecified atom stereocenters. The summed E-state index contributed by atoms with van der Waals surface area (Å²) in [6.07, 6.45) is 0.187. The van der Waals surface area contributed by atoms with Gasteiger partial charge in [0.2, 0.25) is 0 Å². The second-order valence-corrected chi connectivity index (χ2v) is 10.0. The fourth-order valence-electron chi connectivity index (χ4n) is 2.27. The average molecular weight is 437 g/mol. The molecule has 0 amide bonds. The maximum absolute atomic E-state index is 12.2. The Bertz CT molecular complexity index is 1030. The Balaban J connectivity index is 2.00. The molecule has 0 spiro atoms. The summed E-state index contributed by atoms with van der Waals surface area (Å²) in [5.74, 6) is 0. The topological polar surface area (TPSA) is 117 Å². The first-order valence-corrected chi connectivity index (χ1v) is 11.7. The van der Waals surface area contributed by atoms with E-state index >= 15 is 0 Å². The molecule has 2 aromatic rings. The van der Waals surface area contributed by atoms with E-state index < -0.39 is 20.0 Å². The Labute approximate surface area is 171 Å². The van der Waals surface area contributed by atoms with Crippen LogP contribution in [0.3, 0.4) is 0 Å². The van der Waals surface area contributed by atoms with Crippen molar-refractivity contribution in [2.75, 3.05) is 0 Å². The van der Waals surface area contributed by atoms with Crippen molar-refractivity contribution in [3.05, 3.63) is 59.7 Å². The number of sulfonamides is 2. The van der Waals surface area contributed by atoms with Crippen molar-refractivity contribution in [2.45, 2.75) is 43.9 Å². The molecule has 0 atom stereocenters. The molecular formula is C19H24N4O4S2. The highest BCUT2D eigenvalue weighted by Crippen LogP contribution is 2.11. The summed E-state index contributed by atoms with van der Waals surface area (Å²) in [5.41, 5.74) is 2.75. The van der Waals surface area contributed by atoms with Gasteiger partial charge in [0.25, 0.3) is 20.0 Å². The third-order valence-electron chi connectivity index (χ3n) is 3.89. The van der Waals surface area contributed by atoms with Gasteiger partial charge in [0.15, 0.2) is 0 Å². The summed E-state index contributed by atoms with van der Waals surface area (Å²) in [6, 6.07) is 12.8. The van der Waals surface area contributed by atoms with E-state index in [1.54, 1.807) is 38.1 Å². The summed E-state index contributed by atoms with van der Waals surface area (Å²) in [7, 11) is -7.54. The zero-order chi connectivity index (χ0) is 21.7. The lowest BCUT2D eigenvalue weighted by atomic mass is 10.2. The first-order chi connectivity index (χ1) is 13.5. The van der Waals surface area contributed by atoms with E-state index in [1.165, 1.54) is 24.3 Å². The zero-order valence-corrected chi connectivity index (χ0v) is 18.3. The average Bonchev–Trinajstić information content (AvgIpc) is 2.66. The molecule has 0 aliphatic heterocycles. The molecule has 2 rings (SSSR count). The molecule has 2 aromatic carbocycles. The van der Waals surface area contributed by atoms with Crippen LogP contribution in [-0.2, 0) is 20.0 Å². The standard InChI is InChI=1S/C19H24N4O4S2/c1-14-5-9-18(10-6-14)28(24,25)22-20-16(3)13-17(4)21-23-29(26,27)19-11-7-15(2)8-12-19/h5-12,22-23H,13H2,1-4H3/b20-16-,21-17+. The fourth-order valence-corrected chi connectivity index (χ4v) is 4.02. The maximum Gasteiger partial charge on any atom is 0.276 e. The monoisotopic (exact) mass is 436 g/mol. The normalized spacial score (nSPS) is 13.2. The Morgan fingerprint density at radius 3 is 1.31 bits per heavy atom. The van der Waals surface area contributed by atoms with Gasteiger partial charge in [0, 0.05) is 17.8 Å². The van der Waals surface area contributed by atoms with E-state index in [0.29, 0.717) is 11.4 Å². The Morgan fingerprint density at radius 1 is 0.690 bits per heavy atom. The molecule has 10 heteroatoms. The predicted molar refractivity (Wildman–Crippen MR) is 114 cm³/mol. The number of rotatable bonds is 8. The number of nitrogens with one attached hydrogen (secondary N) is 2. The van der Waals surface area contributed by atoms with E-state index in [1.807, 2.05) is 13.8 Å². The van der Waals surface area contributed by atoms with Gasteiger partial charge in [0.1, 0.15) is 0 Å². The molecule has 2 N–H and O–H groups in total. The zero-order valence-electron chi connectivity index (χ0n) is 16.7. The number of benzene rings is 2. The van der Waals surface area contributed by atoms with Crippen LogP contribution in [0.5, 0.6) is 0 Å². The minimum Gasteiger partial charge on any atom is -0.200 e. The van der Waals surface area contributed by atoms with Crippen molar-refractivity contribution in [3.63, 3.8) is 0 Å². The molecule has 8 nitrogen and oxygen atoms in total. The van der Waals surface area contributed by atoms with Crippen LogP contribution in [0.2, 0.25) is 0 Å². The van der Waals surface area contributed by atoms with Gasteiger partial charge in [-0.15, -0.1) is 0 Å². The van der Waals surface area contributed by atoms with Gasteiger partial charge in [-0.3, -0.25) is 0 Å². The van der Waals surface area contributed by atoms with E-state index in [0.717, 1.165) is 11.1 Å². The first-order valence-electron chi connectivity index (χ1n) is 8.73. The Hall–Kier alpha value is -2.72. The van der Waals surface area contributed by atoms with Crippen LogP contribution >= 0.6 is 0 Å². The lowest BCUT2D eigenvalue weighted by molar-refractivity contribution is 0.583. The van der Waals surface area contributed by atoms with Crippen molar-refractivity contribution in [2.24, 2.45) is 10.2 Å². The number of hydrogen-bond acceptors (Lipinski definition) is 6. The molecule has 0 bridgehead atoms. The molecule has 29 heavy (non-hydrogen) atoms. The molecule has 0 heterocycles. The van der Waals surface area contributed by atoms with Gasteiger partial charge in [0.05, 0.1) is 9.79 Å². The van der Waals surface area contributed by atoms with Crippen molar-refractivity contribution in [1.82, 2.24) is 9.66 Å². The lowest BCUT2D eigenvalue weighted by Crippen LogP contribution is -2.22. The van der Waals surface area contributed by atoms with E-state index in [2.05, 4.69) is 19.9 Å². The maximum atomic E-state index is 12.2. The molecule has 0 aliphatic rings. The summed E-state index contributed by atoms with van der Waals surface area (Å²) in [6.45, 7) is 6.96. The smallest absolute Gasteiger partial charge is 0.200 e. The minimum absolute atomic E-state index is 0.107. The van der Waals surface area contributed by atoms with Crippen LogP contribution < -0.4 is 9.66 Å². The van der Waals surface area contributed by atoms with Crippen LogP contribution in [0.1, 0.15) is 31.4 Å². The molecule has 156 valence electrons. The summed E-state index contributed by atoms with van der Waals surface area (Å²) < 4.78 is 48.9. The van der Waals surface area contributed by atoms with E-state index in [4.69, 9.17) is 0 Å². The molecular weight excluding hydrogens is 412 g/mol. The lowest BCUT2D eigenvalue weighted by Gasteiger charge is -2.07. The Morgan fingerprint density at radius 2 is 1.00 bits per heavy atom. The SMILES string of the molecule is C/C(C/C(C)=N/NS(=O)(=O)c1ccc(C)cc1)=N/NS(=O)(=O)c1ccc(C)cc1. The quantitative estimate of drug-likeness (QED) is 0.489. The molecule has 0 fully saturated rings. The third-order valence-corrected chi connectivity index (χ3v) is 6.34. The summed E-state index contributed by atoms with van der Waals surface area (Å²) in [5, 5.41) is 7.74. The van der Waals surface area contributed by atoms with Gasteiger partial charge >= 0.3 is 0 Å². The van der Waals surface area contributed by atoms with Crippen LogP contribution in [0, 0.1) is 13.8 Å². The van der Waals surface area contributed by atoms with Crippen LogP contribution in [0.4, 0.5) is 0 Å². The highest BCUT2D eigenvalue weighted by atomic mass is 32.2. The second kappa shape index (κ2) is 9.19. The minimum atomic E-state index is -3.77. The summed E-state index contributed by atoms with van der Waals surface area (Å²) in [4.78, 5) is 4.55. The third kappa shape index (κ3) is 6.68. The predicted octanol–water partition coefficient (Wildman–Crippen LogP) is 2.70. The molecule has 0 saturated heterocycles. The van der Waals surface area contributed by atoms with Gasteiger partial charge in [-0.05, 0) is 52.0 Å². The Kier molecular flexibility index (Phi) is 7.15. The molecule has 0 aromatic heterocycles. The van der Waals surface area contributed by atoms with Crippen molar-refractivity contribution < 1.29 is 16.8 Å². The van der Waals surface area contributed by atoms with Gasteiger partial charge in [-0.2, -0.15) is 27.0 Å². The van der Waals surface area contributed by atoms with Gasteiger partial charge in [-0.25, -0.2) is 9.66 Å². The molecule has 0 radical (unpaired) electrons. The number of hydrogen-bond donors (Lipinski definition) is 2. The van der Waals surface area contributed by atoms with Crippen LogP contribution in [-0.4, -0.2) is 28.3 Å². The fraction of sp³-hybridized carbons (Fsp3) is 0.263. The number of nitrogens with zero attached hydrogens (tertiary/aromatic N) is 2. The van der Waals surface area contributed by atoms with E-state index in [9.17, 15) is 16.8 Å². The number of aryl methyl sites for hydroxylation is 2. The highest BCUT2D eigenvalue weighted by Gasteiger charge is 2.14. The van der Waals surface area contributed by atoms with Crippen molar-refractivity contribution in [3.8, 4) is 0 Å². The largest absolute Gasteiger partial charge is 0.276 e. The van der Waals surface area contributed by atoms with Crippen LogP contribution in [0.15, 0.2) is 68.5 Å². The van der Waals surface area contributed by atoms with E-state index in [-0.39, 0.29) is 16.2 Å². The van der Waals surface area contributed by atoms with Gasteiger partial charge < -0.3 is 0 Å². The van der Waals surface area contributed by atoms with Gasteiger partial charge in [-0.1, -0.05) is 35.4 Å². The second-order valence-electron chi connectivity index (χ2n) is 6.69. The first kappa shape index (κ1) is 22.6.